The largest absolute Gasteiger partial charge is 0.478 e. The summed E-state index contributed by atoms with van der Waals surface area (Å²) in [6.07, 6.45) is -0.0101. The quantitative estimate of drug-likeness (QED) is 0.853. The van der Waals surface area contributed by atoms with E-state index in [1.807, 2.05) is 13.8 Å². The SMILES string of the molecule is CC1CN(C(=O)Nc2cc(Br)cc(C(=O)O)c2)C(C)CO1. The molecule has 1 aromatic rings. The van der Waals surface area contributed by atoms with E-state index < -0.39 is 5.97 Å². The van der Waals surface area contributed by atoms with Gasteiger partial charge in [-0.3, -0.25) is 0 Å². The van der Waals surface area contributed by atoms with Crippen molar-refractivity contribution in [2.24, 2.45) is 0 Å². The van der Waals surface area contributed by atoms with Crippen molar-refractivity contribution in [1.82, 2.24) is 4.90 Å². The molecule has 0 bridgehead atoms. The highest BCUT2D eigenvalue weighted by atomic mass is 79.9. The fourth-order valence-electron chi connectivity index (χ4n) is 2.17. The summed E-state index contributed by atoms with van der Waals surface area (Å²) >= 11 is 3.24. The Kier molecular flexibility index (Phi) is 4.84. The fourth-order valence-corrected chi connectivity index (χ4v) is 2.66. The van der Waals surface area contributed by atoms with Crippen LogP contribution in [-0.2, 0) is 4.74 Å². The van der Waals surface area contributed by atoms with E-state index in [2.05, 4.69) is 21.2 Å². The number of aromatic carboxylic acids is 1. The molecule has 6 nitrogen and oxygen atoms in total. The standard InChI is InChI=1S/C14H17BrN2O4/c1-8-7-21-9(2)6-17(8)14(20)16-12-4-10(13(18)19)3-11(15)5-12/h3-5,8-9H,6-7H2,1-2H3,(H,16,20)(H,18,19). The molecule has 0 saturated carbocycles. The van der Waals surface area contributed by atoms with Gasteiger partial charge in [-0.2, -0.15) is 0 Å². The maximum absolute atomic E-state index is 12.3. The molecular formula is C14H17BrN2O4. The number of rotatable bonds is 2. The molecule has 2 unspecified atom stereocenters. The van der Waals surface area contributed by atoms with E-state index in [1.54, 1.807) is 11.0 Å². The number of carbonyl (C=O) groups excluding carboxylic acids is 1. The molecule has 1 heterocycles. The summed E-state index contributed by atoms with van der Waals surface area (Å²) in [4.78, 5) is 25.0. The van der Waals surface area contributed by atoms with Gasteiger partial charge in [-0.15, -0.1) is 0 Å². The number of carbonyl (C=O) groups is 2. The van der Waals surface area contributed by atoms with E-state index >= 15 is 0 Å². The van der Waals surface area contributed by atoms with E-state index in [-0.39, 0.29) is 23.7 Å². The average molecular weight is 357 g/mol. The third kappa shape index (κ3) is 3.95. The number of urea groups is 1. The van der Waals surface area contributed by atoms with E-state index in [0.29, 0.717) is 23.3 Å². The summed E-state index contributed by atoms with van der Waals surface area (Å²) in [5.41, 5.74) is 0.557. The van der Waals surface area contributed by atoms with Gasteiger partial charge in [0.2, 0.25) is 0 Å². The Hall–Kier alpha value is -1.60. The smallest absolute Gasteiger partial charge is 0.335 e. The van der Waals surface area contributed by atoms with Crippen LogP contribution < -0.4 is 5.32 Å². The second-order valence-electron chi connectivity index (χ2n) is 5.11. The van der Waals surface area contributed by atoms with Crippen molar-refractivity contribution in [2.45, 2.75) is 26.0 Å². The third-order valence-electron chi connectivity index (χ3n) is 3.26. The topological polar surface area (TPSA) is 78.9 Å². The van der Waals surface area contributed by atoms with Crippen LogP contribution >= 0.6 is 15.9 Å². The van der Waals surface area contributed by atoms with Gasteiger partial charge >= 0.3 is 12.0 Å². The van der Waals surface area contributed by atoms with Crippen molar-refractivity contribution in [2.75, 3.05) is 18.5 Å². The lowest BCUT2D eigenvalue weighted by Crippen LogP contribution is -2.51. The molecule has 0 aliphatic carbocycles. The van der Waals surface area contributed by atoms with Crippen molar-refractivity contribution in [3.8, 4) is 0 Å². The minimum Gasteiger partial charge on any atom is -0.478 e. The summed E-state index contributed by atoms with van der Waals surface area (Å²) in [5.74, 6) is -1.04. The number of hydrogen-bond acceptors (Lipinski definition) is 3. The van der Waals surface area contributed by atoms with Crippen LogP contribution in [0.3, 0.4) is 0 Å². The highest BCUT2D eigenvalue weighted by Crippen LogP contribution is 2.21. The zero-order valence-electron chi connectivity index (χ0n) is 11.8. The molecular weight excluding hydrogens is 340 g/mol. The Bertz CT molecular complexity index is 564. The van der Waals surface area contributed by atoms with E-state index in [0.717, 1.165) is 0 Å². The van der Waals surface area contributed by atoms with Crippen LogP contribution in [-0.4, -0.2) is 47.3 Å². The van der Waals surface area contributed by atoms with Crippen molar-refractivity contribution < 1.29 is 19.4 Å². The van der Waals surface area contributed by atoms with Gasteiger partial charge in [0, 0.05) is 16.7 Å². The number of nitrogens with one attached hydrogen (secondary N) is 1. The zero-order chi connectivity index (χ0) is 15.6. The monoisotopic (exact) mass is 356 g/mol. The summed E-state index contributed by atoms with van der Waals surface area (Å²) in [7, 11) is 0. The Morgan fingerprint density at radius 2 is 2.10 bits per heavy atom. The van der Waals surface area contributed by atoms with Crippen LogP contribution in [0.2, 0.25) is 0 Å². The van der Waals surface area contributed by atoms with Gasteiger partial charge in [0.05, 0.1) is 24.3 Å². The number of carboxylic acid groups (broad SMARTS) is 1. The first-order valence-electron chi connectivity index (χ1n) is 6.60. The average Bonchev–Trinajstić information content (AvgIpc) is 2.40. The number of ether oxygens (including phenoxy) is 1. The van der Waals surface area contributed by atoms with Crippen LogP contribution in [0.5, 0.6) is 0 Å². The number of halogens is 1. The molecule has 1 aromatic carbocycles. The Balaban J connectivity index is 2.13. The van der Waals surface area contributed by atoms with Gasteiger partial charge in [0.15, 0.2) is 0 Å². The highest BCUT2D eigenvalue weighted by molar-refractivity contribution is 9.10. The fraction of sp³-hybridized carbons (Fsp3) is 0.429. The summed E-state index contributed by atoms with van der Waals surface area (Å²) < 4.78 is 6.08. The Labute approximate surface area is 131 Å². The first-order valence-corrected chi connectivity index (χ1v) is 7.39. The summed E-state index contributed by atoms with van der Waals surface area (Å²) in [5, 5.41) is 11.8. The van der Waals surface area contributed by atoms with E-state index in [1.165, 1.54) is 12.1 Å². The highest BCUT2D eigenvalue weighted by Gasteiger charge is 2.27. The molecule has 1 fully saturated rings. The molecule has 2 atom stereocenters. The maximum Gasteiger partial charge on any atom is 0.335 e. The molecule has 1 aliphatic rings. The van der Waals surface area contributed by atoms with Crippen molar-refractivity contribution >= 4 is 33.6 Å². The minimum absolute atomic E-state index is 0.0101. The van der Waals surface area contributed by atoms with E-state index in [9.17, 15) is 9.59 Å². The first-order chi connectivity index (χ1) is 9.86. The van der Waals surface area contributed by atoms with Gasteiger partial charge in [-0.25, -0.2) is 9.59 Å². The molecule has 114 valence electrons. The number of benzene rings is 1. The van der Waals surface area contributed by atoms with E-state index in [4.69, 9.17) is 9.84 Å². The number of anilines is 1. The van der Waals surface area contributed by atoms with Gasteiger partial charge in [0.1, 0.15) is 0 Å². The normalized spacial score (nSPS) is 22.0. The number of carboxylic acids is 1. The van der Waals surface area contributed by atoms with Crippen molar-refractivity contribution in [3.05, 3.63) is 28.2 Å². The molecule has 7 heteroatoms. The maximum atomic E-state index is 12.3. The lowest BCUT2D eigenvalue weighted by Gasteiger charge is -2.36. The number of morpholine rings is 1. The molecule has 21 heavy (non-hydrogen) atoms. The number of nitrogens with zero attached hydrogens (tertiary/aromatic N) is 1. The van der Waals surface area contributed by atoms with Gasteiger partial charge in [-0.05, 0) is 32.0 Å². The third-order valence-corrected chi connectivity index (χ3v) is 3.72. The molecule has 0 spiro atoms. The van der Waals surface area contributed by atoms with Crippen LogP contribution in [0.15, 0.2) is 22.7 Å². The second-order valence-corrected chi connectivity index (χ2v) is 6.02. The summed E-state index contributed by atoms with van der Waals surface area (Å²) in [6, 6.07) is 4.30. The Morgan fingerprint density at radius 3 is 2.76 bits per heavy atom. The molecule has 0 radical (unpaired) electrons. The van der Waals surface area contributed by atoms with Crippen LogP contribution in [0.4, 0.5) is 10.5 Å². The van der Waals surface area contributed by atoms with Crippen LogP contribution in [0.1, 0.15) is 24.2 Å². The second kappa shape index (κ2) is 6.44. The molecule has 2 amide bonds. The summed E-state index contributed by atoms with van der Waals surface area (Å²) in [6.45, 7) is 4.82. The molecule has 1 aliphatic heterocycles. The van der Waals surface area contributed by atoms with Crippen LogP contribution in [0, 0.1) is 0 Å². The first kappa shape index (κ1) is 15.8. The Morgan fingerprint density at radius 1 is 1.38 bits per heavy atom. The predicted molar refractivity (Wildman–Crippen MR) is 81.7 cm³/mol. The predicted octanol–water partition coefficient (Wildman–Crippen LogP) is 2.79. The van der Waals surface area contributed by atoms with Gasteiger partial charge in [0.25, 0.3) is 0 Å². The van der Waals surface area contributed by atoms with Gasteiger partial charge < -0.3 is 20.1 Å². The van der Waals surface area contributed by atoms with Crippen molar-refractivity contribution in [3.63, 3.8) is 0 Å². The lowest BCUT2D eigenvalue weighted by molar-refractivity contribution is -0.0296. The minimum atomic E-state index is -1.04. The zero-order valence-corrected chi connectivity index (χ0v) is 13.4. The molecule has 2 N–H and O–H groups in total. The van der Waals surface area contributed by atoms with Gasteiger partial charge in [-0.1, -0.05) is 15.9 Å². The van der Waals surface area contributed by atoms with Crippen molar-refractivity contribution in [1.29, 1.82) is 0 Å². The lowest BCUT2D eigenvalue weighted by atomic mass is 10.2. The van der Waals surface area contributed by atoms with Crippen LogP contribution in [0.25, 0.3) is 0 Å². The number of amides is 2. The molecule has 0 aromatic heterocycles. The molecule has 2 rings (SSSR count). The number of hydrogen-bond donors (Lipinski definition) is 2. The molecule has 1 saturated heterocycles.